The summed E-state index contributed by atoms with van der Waals surface area (Å²) in [6.07, 6.45) is 0. The second-order valence-corrected chi connectivity index (χ2v) is 5.51. The predicted molar refractivity (Wildman–Crippen MR) is 95.5 cm³/mol. The van der Waals surface area contributed by atoms with Crippen molar-refractivity contribution < 1.29 is 33.3 Å². The van der Waals surface area contributed by atoms with E-state index in [0.717, 1.165) is 0 Å². The minimum absolute atomic E-state index is 0.0337. The molecule has 7 nitrogen and oxygen atoms in total. The molecule has 0 unspecified atom stereocenters. The average molecular weight is 377 g/mol. The number of anilines is 1. The van der Waals surface area contributed by atoms with E-state index in [1.807, 2.05) is 0 Å². The largest absolute Gasteiger partial charge is 0.482 e. The summed E-state index contributed by atoms with van der Waals surface area (Å²) in [5.74, 6) is -1.57. The molecule has 144 valence electrons. The molecule has 0 heterocycles. The molecule has 0 saturated carbocycles. The maximum atomic E-state index is 13.8. The van der Waals surface area contributed by atoms with E-state index in [2.05, 4.69) is 5.32 Å². The van der Waals surface area contributed by atoms with E-state index < -0.39 is 24.3 Å². The summed E-state index contributed by atoms with van der Waals surface area (Å²) >= 11 is 0. The van der Waals surface area contributed by atoms with Crippen molar-refractivity contribution in [3.8, 4) is 5.75 Å². The first-order valence-electron chi connectivity index (χ1n) is 8.10. The lowest BCUT2D eigenvalue weighted by molar-refractivity contribution is -0.139. The number of aliphatic carboxylic acids is 1. The Hall–Kier alpha value is -2.97. The topological polar surface area (TPSA) is 94.1 Å². The van der Waals surface area contributed by atoms with Gasteiger partial charge in [0.1, 0.15) is 11.6 Å². The number of halogens is 1. The lowest BCUT2D eigenvalue weighted by Crippen LogP contribution is -2.13. The lowest BCUT2D eigenvalue weighted by atomic mass is 10.1. The summed E-state index contributed by atoms with van der Waals surface area (Å²) in [5.41, 5.74) is 1.05. The van der Waals surface area contributed by atoms with Gasteiger partial charge in [-0.15, -0.1) is 0 Å². The molecular weight excluding hydrogens is 357 g/mol. The first-order valence-corrected chi connectivity index (χ1v) is 8.10. The van der Waals surface area contributed by atoms with Gasteiger partial charge in [0.15, 0.2) is 6.61 Å². The van der Waals surface area contributed by atoms with Crippen LogP contribution >= 0.6 is 0 Å². The predicted octanol–water partition coefficient (Wildman–Crippen LogP) is 2.70. The summed E-state index contributed by atoms with van der Waals surface area (Å²) in [7, 11) is 1.54. The van der Waals surface area contributed by atoms with Crippen LogP contribution < -0.4 is 10.1 Å². The summed E-state index contributed by atoms with van der Waals surface area (Å²) in [5, 5.41) is 11.3. The summed E-state index contributed by atoms with van der Waals surface area (Å²) in [6, 6.07) is 10.3. The fraction of sp³-hybridized carbons (Fsp3) is 0.263. The van der Waals surface area contributed by atoms with Gasteiger partial charge in [0.2, 0.25) is 0 Å². The fourth-order valence-corrected chi connectivity index (χ4v) is 2.13. The average Bonchev–Trinajstić information content (AvgIpc) is 2.66. The zero-order valence-electron chi connectivity index (χ0n) is 14.7. The number of carbonyl (C=O) groups is 2. The third-order valence-electron chi connectivity index (χ3n) is 3.47. The molecule has 0 bridgehead atoms. The first kappa shape index (κ1) is 20.3. The molecule has 0 atom stereocenters. The highest BCUT2D eigenvalue weighted by atomic mass is 19.1. The van der Waals surface area contributed by atoms with Crippen LogP contribution in [0.2, 0.25) is 0 Å². The van der Waals surface area contributed by atoms with Gasteiger partial charge in [-0.25, -0.2) is 9.18 Å². The molecule has 0 aliphatic rings. The number of hydrogen-bond acceptors (Lipinski definition) is 5. The number of rotatable bonds is 10. The molecule has 0 radical (unpaired) electrons. The van der Waals surface area contributed by atoms with Crippen molar-refractivity contribution in [1.82, 2.24) is 0 Å². The second-order valence-electron chi connectivity index (χ2n) is 5.51. The number of ether oxygens (including phenoxy) is 3. The van der Waals surface area contributed by atoms with Crippen molar-refractivity contribution in [3.05, 3.63) is 59.4 Å². The van der Waals surface area contributed by atoms with E-state index in [4.69, 9.17) is 19.3 Å². The summed E-state index contributed by atoms with van der Waals surface area (Å²) in [6.45, 7) is 0.305. The maximum Gasteiger partial charge on any atom is 0.341 e. The van der Waals surface area contributed by atoms with Crippen molar-refractivity contribution in [2.75, 3.05) is 32.2 Å². The molecule has 0 aliphatic heterocycles. The normalized spacial score (nSPS) is 10.4. The van der Waals surface area contributed by atoms with E-state index in [-0.39, 0.29) is 17.7 Å². The Balaban J connectivity index is 1.97. The molecule has 0 saturated heterocycles. The van der Waals surface area contributed by atoms with Gasteiger partial charge >= 0.3 is 5.97 Å². The highest BCUT2D eigenvalue weighted by Gasteiger charge is 2.11. The van der Waals surface area contributed by atoms with Crippen molar-refractivity contribution in [2.24, 2.45) is 0 Å². The van der Waals surface area contributed by atoms with E-state index >= 15 is 0 Å². The smallest absolute Gasteiger partial charge is 0.341 e. The Kier molecular flexibility index (Phi) is 7.72. The van der Waals surface area contributed by atoms with Gasteiger partial charge in [0.25, 0.3) is 5.91 Å². The van der Waals surface area contributed by atoms with Gasteiger partial charge in [0, 0.05) is 23.9 Å². The van der Waals surface area contributed by atoms with Crippen LogP contribution in [0, 0.1) is 5.82 Å². The number of carbonyl (C=O) groups excluding carboxylic acids is 1. The summed E-state index contributed by atoms with van der Waals surface area (Å²) < 4.78 is 29.0. The zero-order valence-corrected chi connectivity index (χ0v) is 14.7. The van der Waals surface area contributed by atoms with E-state index in [0.29, 0.717) is 24.7 Å². The van der Waals surface area contributed by atoms with Crippen molar-refractivity contribution >= 4 is 17.6 Å². The molecule has 2 aromatic carbocycles. The molecule has 8 heteroatoms. The number of nitrogens with one attached hydrogen (secondary N) is 1. The number of carboxylic acids is 1. The second kappa shape index (κ2) is 10.2. The van der Waals surface area contributed by atoms with E-state index in [9.17, 15) is 14.0 Å². The molecule has 27 heavy (non-hydrogen) atoms. The minimum Gasteiger partial charge on any atom is -0.482 e. The Morgan fingerprint density at radius 3 is 2.52 bits per heavy atom. The molecule has 2 rings (SSSR count). The SMILES string of the molecule is COCCOCc1cc(C(=O)Nc2ccc(OCC(=O)O)cc2)ccc1F. The Morgan fingerprint density at radius 1 is 1.11 bits per heavy atom. The maximum absolute atomic E-state index is 13.8. The monoisotopic (exact) mass is 377 g/mol. The number of benzene rings is 2. The van der Waals surface area contributed by atoms with Gasteiger partial charge in [0.05, 0.1) is 19.8 Å². The van der Waals surface area contributed by atoms with E-state index in [1.54, 1.807) is 19.2 Å². The number of hydrogen-bond donors (Lipinski definition) is 2. The van der Waals surface area contributed by atoms with Crippen LogP contribution in [0.5, 0.6) is 5.75 Å². The van der Waals surface area contributed by atoms with Crippen LogP contribution in [0.3, 0.4) is 0 Å². The number of methoxy groups -OCH3 is 1. The zero-order chi connectivity index (χ0) is 19.6. The minimum atomic E-state index is -1.08. The van der Waals surface area contributed by atoms with E-state index in [1.165, 1.54) is 30.3 Å². The fourth-order valence-electron chi connectivity index (χ4n) is 2.13. The van der Waals surface area contributed by atoms with Crippen LogP contribution in [-0.4, -0.2) is 43.9 Å². The number of amides is 1. The third-order valence-corrected chi connectivity index (χ3v) is 3.47. The van der Waals surface area contributed by atoms with Crippen molar-refractivity contribution in [3.63, 3.8) is 0 Å². The van der Waals surface area contributed by atoms with Crippen LogP contribution in [-0.2, 0) is 20.9 Å². The molecule has 2 aromatic rings. The quantitative estimate of drug-likeness (QED) is 0.619. The molecule has 1 amide bonds. The van der Waals surface area contributed by atoms with Crippen LogP contribution in [0.4, 0.5) is 10.1 Å². The van der Waals surface area contributed by atoms with Gasteiger partial charge < -0.3 is 24.6 Å². The Labute approximate surface area is 155 Å². The van der Waals surface area contributed by atoms with Crippen LogP contribution in [0.25, 0.3) is 0 Å². The molecule has 0 spiro atoms. The summed E-state index contributed by atoms with van der Waals surface area (Å²) in [4.78, 5) is 22.8. The van der Waals surface area contributed by atoms with Gasteiger partial charge in [-0.2, -0.15) is 0 Å². The van der Waals surface area contributed by atoms with Crippen molar-refractivity contribution in [1.29, 1.82) is 0 Å². The molecular formula is C19H20FNO6. The highest BCUT2D eigenvalue weighted by Crippen LogP contribution is 2.18. The third kappa shape index (κ3) is 6.69. The molecule has 0 aromatic heterocycles. The standard InChI is InChI=1S/C19H20FNO6/c1-25-8-9-26-11-14-10-13(2-7-17(14)20)19(24)21-15-3-5-16(6-4-15)27-12-18(22)23/h2-7,10H,8-9,11-12H2,1H3,(H,21,24)(H,22,23). The highest BCUT2D eigenvalue weighted by molar-refractivity contribution is 6.04. The first-order chi connectivity index (χ1) is 13.0. The van der Waals surface area contributed by atoms with Gasteiger partial charge in [-0.1, -0.05) is 0 Å². The Bertz CT molecular complexity index is 778. The Morgan fingerprint density at radius 2 is 1.85 bits per heavy atom. The molecule has 0 fully saturated rings. The molecule has 2 N–H and O–H groups in total. The van der Waals surface area contributed by atoms with Crippen LogP contribution in [0.1, 0.15) is 15.9 Å². The molecule has 0 aliphatic carbocycles. The van der Waals surface area contributed by atoms with Crippen LogP contribution in [0.15, 0.2) is 42.5 Å². The van der Waals surface area contributed by atoms with Crippen molar-refractivity contribution in [2.45, 2.75) is 6.61 Å². The number of carboxylic acid groups (broad SMARTS) is 1. The van der Waals surface area contributed by atoms with Gasteiger partial charge in [-0.3, -0.25) is 4.79 Å². The lowest BCUT2D eigenvalue weighted by Gasteiger charge is -2.09. The van der Waals surface area contributed by atoms with Gasteiger partial charge in [-0.05, 0) is 42.5 Å².